The maximum Gasteiger partial charge on any atom is 0.121 e. The van der Waals surface area contributed by atoms with Gasteiger partial charge in [0.2, 0.25) is 0 Å². The van der Waals surface area contributed by atoms with Crippen LogP contribution in [-0.4, -0.2) is 17.5 Å². The molecule has 1 saturated heterocycles. The summed E-state index contributed by atoms with van der Waals surface area (Å²) in [7, 11) is 0. The van der Waals surface area contributed by atoms with Gasteiger partial charge < -0.3 is 9.73 Å². The summed E-state index contributed by atoms with van der Waals surface area (Å²) in [6.07, 6.45) is 3.00. The molecule has 2 unspecified atom stereocenters. The molecule has 3 heteroatoms. The molecule has 0 aliphatic carbocycles. The highest BCUT2D eigenvalue weighted by atomic mass is 32.2. The van der Waals surface area contributed by atoms with Crippen molar-refractivity contribution in [3.8, 4) is 0 Å². The zero-order valence-electron chi connectivity index (χ0n) is 7.82. The van der Waals surface area contributed by atoms with Crippen LogP contribution in [0.25, 0.3) is 0 Å². The fraction of sp³-hybridized carbons (Fsp3) is 0.600. The molecule has 72 valence electrons. The Kier molecular flexibility index (Phi) is 2.96. The second kappa shape index (κ2) is 4.20. The first-order valence-electron chi connectivity index (χ1n) is 4.74. The summed E-state index contributed by atoms with van der Waals surface area (Å²) in [5.41, 5.74) is 0. The van der Waals surface area contributed by atoms with Crippen LogP contribution in [0, 0.1) is 0 Å². The standard InChI is InChI=1S/C10H15NOS/c1-8-4-5-11-9(7-13-8)10-3-2-6-12-10/h2-3,6,8-9,11H,4-5,7H2,1H3. The van der Waals surface area contributed by atoms with Gasteiger partial charge in [0, 0.05) is 11.0 Å². The maximum absolute atomic E-state index is 5.39. The first-order chi connectivity index (χ1) is 6.36. The van der Waals surface area contributed by atoms with Crippen molar-refractivity contribution in [2.75, 3.05) is 12.3 Å². The van der Waals surface area contributed by atoms with E-state index in [-0.39, 0.29) is 0 Å². The van der Waals surface area contributed by atoms with Crippen LogP contribution in [0.3, 0.4) is 0 Å². The second-order valence-electron chi connectivity index (χ2n) is 3.45. The normalized spacial score (nSPS) is 29.9. The van der Waals surface area contributed by atoms with Crippen molar-refractivity contribution in [3.63, 3.8) is 0 Å². The number of hydrogen-bond donors (Lipinski definition) is 1. The lowest BCUT2D eigenvalue weighted by molar-refractivity contribution is 0.437. The average molecular weight is 197 g/mol. The monoisotopic (exact) mass is 197 g/mol. The molecule has 0 amide bonds. The molecule has 1 aromatic heterocycles. The molecule has 0 spiro atoms. The van der Waals surface area contributed by atoms with Crippen molar-refractivity contribution in [1.82, 2.24) is 5.32 Å². The van der Waals surface area contributed by atoms with Crippen LogP contribution < -0.4 is 5.32 Å². The summed E-state index contributed by atoms with van der Waals surface area (Å²) in [6.45, 7) is 3.39. The lowest BCUT2D eigenvalue weighted by Gasteiger charge is -2.11. The van der Waals surface area contributed by atoms with Gasteiger partial charge in [0.25, 0.3) is 0 Å². The Balaban J connectivity index is 2.00. The fourth-order valence-electron chi connectivity index (χ4n) is 1.54. The van der Waals surface area contributed by atoms with Crippen molar-refractivity contribution < 1.29 is 4.42 Å². The molecule has 1 aliphatic rings. The van der Waals surface area contributed by atoms with Gasteiger partial charge in [-0.1, -0.05) is 6.92 Å². The van der Waals surface area contributed by atoms with Gasteiger partial charge in [0.05, 0.1) is 12.3 Å². The molecular formula is C10H15NOS. The van der Waals surface area contributed by atoms with E-state index in [1.54, 1.807) is 6.26 Å². The molecule has 0 bridgehead atoms. The van der Waals surface area contributed by atoms with Crippen molar-refractivity contribution in [2.45, 2.75) is 24.6 Å². The minimum absolute atomic E-state index is 0.407. The fourth-order valence-corrected chi connectivity index (χ4v) is 2.62. The van der Waals surface area contributed by atoms with E-state index in [9.17, 15) is 0 Å². The molecule has 1 aromatic rings. The minimum atomic E-state index is 0.407. The van der Waals surface area contributed by atoms with Crippen LogP contribution in [0.15, 0.2) is 22.8 Å². The van der Waals surface area contributed by atoms with Gasteiger partial charge >= 0.3 is 0 Å². The Morgan fingerprint density at radius 2 is 2.54 bits per heavy atom. The van der Waals surface area contributed by atoms with E-state index in [2.05, 4.69) is 12.2 Å². The molecule has 1 N–H and O–H groups in total. The quantitative estimate of drug-likeness (QED) is 0.748. The molecule has 2 nitrogen and oxygen atoms in total. The average Bonchev–Trinajstić information content (AvgIpc) is 2.56. The van der Waals surface area contributed by atoms with E-state index in [4.69, 9.17) is 4.42 Å². The highest BCUT2D eigenvalue weighted by Gasteiger charge is 2.18. The molecule has 0 radical (unpaired) electrons. The number of nitrogens with one attached hydrogen (secondary N) is 1. The first-order valence-corrected chi connectivity index (χ1v) is 5.79. The van der Waals surface area contributed by atoms with E-state index >= 15 is 0 Å². The van der Waals surface area contributed by atoms with E-state index in [1.807, 2.05) is 23.9 Å². The first kappa shape index (κ1) is 9.16. The summed E-state index contributed by atoms with van der Waals surface area (Å²) in [6, 6.07) is 4.41. The Bertz CT molecular complexity index is 247. The highest BCUT2D eigenvalue weighted by molar-refractivity contribution is 7.99. The Morgan fingerprint density at radius 3 is 3.31 bits per heavy atom. The smallest absolute Gasteiger partial charge is 0.121 e. The van der Waals surface area contributed by atoms with E-state index in [0.717, 1.165) is 23.3 Å². The third-order valence-corrected chi connectivity index (χ3v) is 3.71. The van der Waals surface area contributed by atoms with Gasteiger partial charge in [-0.3, -0.25) is 0 Å². The third-order valence-electron chi connectivity index (χ3n) is 2.38. The van der Waals surface area contributed by atoms with Gasteiger partial charge in [0.1, 0.15) is 5.76 Å². The SMILES string of the molecule is CC1CCNC(c2ccco2)CS1. The van der Waals surface area contributed by atoms with Gasteiger partial charge in [-0.05, 0) is 25.1 Å². The van der Waals surface area contributed by atoms with E-state index in [0.29, 0.717) is 6.04 Å². The minimum Gasteiger partial charge on any atom is -0.468 e. The van der Waals surface area contributed by atoms with Gasteiger partial charge in [-0.2, -0.15) is 11.8 Å². The van der Waals surface area contributed by atoms with Crippen LogP contribution in [-0.2, 0) is 0 Å². The zero-order valence-corrected chi connectivity index (χ0v) is 8.64. The van der Waals surface area contributed by atoms with Crippen molar-refractivity contribution in [2.24, 2.45) is 0 Å². The zero-order chi connectivity index (χ0) is 9.10. The van der Waals surface area contributed by atoms with Gasteiger partial charge in [-0.15, -0.1) is 0 Å². The third kappa shape index (κ3) is 2.29. The Morgan fingerprint density at radius 1 is 1.62 bits per heavy atom. The molecule has 2 atom stereocenters. The van der Waals surface area contributed by atoms with Crippen LogP contribution in [0.1, 0.15) is 25.1 Å². The second-order valence-corrected chi connectivity index (χ2v) is 4.93. The van der Waals surface area contributed by atoms with Crippen molar-refractivity contribution in [1.29, 1.82) is 0 Å². The largest absolute Gasteiger partial charge is 0.468 e. The Labute approximate surface area is 83.1 Å². The molecule has 13 heavy (non-hydrogen) atoms. The molecule has 2 rings (SSSR count). The molecule has 0 saturated carbocycles. The van der Waals surface area contributed by atoms with Crippen LogP contribution >= 0.6 is 11.8 Å². The number of rotatable bonds is 1. The molecule has 1 fully saturated rings. The van der Waals surface area contributed by atoms with Crippen LogP contribution in [0.2, 0.25) is 0 Å². The molecule has 1 aliphatic heterocycles. The van der Waals surface area contributed by atoms with Crippen LogP contribution in [0.5, 0.6) is 0 Å². The van der Waals surface area contributed by atoms with Gasteiger partial charge in [0.15, 0.2) is 0 Å². The predicted octanol–water partition coefficient (Wildman–Crippen LogP) is 2.44. The summed E-state index contributed by atoms with van der Waals surface area (Å²) < 4.78 is 5.39. The summed E-state index contributed by atoms with van der Waals surface area (Å²) in [5.74, 6) is 2.19. The predicted molar refractivity (Wildman–Crippen MR) is 56.0 cm³/mol. The molecule has 0 aromatic carbocycles. The van der Waals surface area contributed by atoms with E-state index in [1.165, 1.54) is 6.42 Å². The summed E-state index contributed by atoms with van der Waals surface area (Å²) in [4.78, 5) is 0. The number of furan rings is 1. The molecule has 2 heterocycles. The number of hydrogen-bond acceptors (Lipinski definition) is 3. The van der Waals surface area contributed by atoms with Gasteiger partial charge in [-0.25, -0.2) is 0 Å². The lowest BCUT2D eigenvalue weighted by atomic mass is 10.2. The van der Waals surface area contributed by atoms with Crippen molar-refractivity contribution >= 4 is 11.8 Å². The van der Waals surface area contributed by atoms with E-state index < -0.39 is 0 Å². The maximum atomic E-state index is 5.39. The van der Waals surface area contributed by atoms with Crippen LogP contribution in [0.4, 0.5) is 0 Å². The lowest BCUT2D eigenvalue weighted by Crippen LogP contribution is -2.21. The molecular weight excluding hydrogens is 182 g/mol. The number of thioether (sulfide) groups is 1. The topological polar surface area (TPSA) is 25.2 Å². The Hall–Kier alpha value is -0.410. The summed E-state index contributed by atoms with van der Waals surface area (Å²) in [5, 5.41) is 4.27. The summed E-state index contributed by atoms with van der Waals surface area (Å²) >= 11 is 2.02. The van der Waals surface area contributed by atoms with Crippen molar-refractivity contribution in [3.05, 3.63) is 24.2 Å². The highest BCUT2D eigenvalue weighted by Crippen LogP contribution is 2.25.